The SMILES string of the molecule is CCOc1ccc(NC(=O)N2CCc3cc(OC)c(OC)cc3[C@@H]2CNC(=O)Cc2ccccc2)cc1. The Morgan fingerprint density at radius 3 is 2.35 bits per heavy atom. The molecule has 3 aromatic rings. The lowest BCUT2D eigenvalue weighted by Gasteiger charge is -2.38. The standard InChI is InChI=1S/C29H33N3O5/c1-4-37-23-12-10-22(11-13-23)31-29(34)32-15-14-21-17-26(35-2)27(36-3)18-24(21)25(32)19-30-28(33)16-20-8-6-5-7-9-20/h5-13,17-18,25H,4,14-16,19H2,1-3H3,(H,30,33)(H,31,34)/t25-/m0/s1. The molecule has 3 amide bonds. The summed E-state index contributed by atoms with van der Waals surface area (Å²) in [6.45, 7) is 3.26. The van der Waals surface area contributed by atoms with Gasteiger partial charge in [-0.05, 0) is 66.4 Å². The maximum atomic E-state index is 13.4. The van der Waals surface area contributed by atoms with Gasteiger partial charge in [-0.25, -0.2) is 4.79 Å². The fraction of sp³-hybridized carbons (Fsp3) is 0.310. The van der Waals surface area contributed by atoms with E-state index in [1.165, 1.54) is 0 Å². The molecule has 0 saturated carbocycles. The van der Waals surface area contributed by atoms with Crippen LogP contribution in [0.25, 0.3) is 0 Å². The second kappa shape index (κ2) is 12.2. The molecule has 4 rings (SSSR count). The molecule has 0 unspecified atom stereocenters. The molecule has 8 heteroatoms. The van der Waals surface area contributed by atoms with E-state index in [2.05, 4.69) is 10.6 Å². The van der Waals surface area contributed by atoms with E-state index in [1.54, 1.807) is 19.1 Å². The van der Waals surface area contributed by atoms with E-state index in [4.69, 9.17) is 14.2 Å². The van der Waals surface area contributed by atoms with Crippen LogP contribution in [0.2, 0.25) is 0 Å². The number of nitrogens with zero attached hydrogens (tertiary/aromatic N) is 1. The van der Waals surface area contributed by atoms with Gasteiger partial charge in [0.05, 0.1) is 33.3 Å². The summed E-state index contributed by atoms with van der Waals surface area (Å²) < 4.78 is 16.5. The molecule has 0 saturated heterocycles. The van der Waals surface area contributed by atoms with Crippen molar-refractivity contribution in [2.75, 3.05) is 39.2 Å². The van der Waals surface area contributed by atoms with E-state index in [9.17, 15) is 9.59 Å². The second-order valence-electron chi connectivity index (χ2n) is 8.72. The molecule has 0 bridgehead atoms. The summed E-state index contributed by atoms with van der Waals surface area (Å²) in [4.78, 5) is 27.9. The Kier molecular flexibility index (Phi) is 8.51. The van der Waals surface area contributed by atoms with Crippen molar-refractivity contribution in [1.29, 1.82) is 0 Å². The number of urea groups is 1. The third kappa shape index (κ3) is 6.33. The van der Waals surface area contributed by atoms with Crippen LogP contribution >= 0.6 is 0 Å². The summed E-state index contributed by atoms with van der Waals surface area (Å²) in [7, 11) is 3.19. The summed E-state index contributed by atoms with van der Waals surface area (Å²) >= 11 is 0. The highest BCUT2D eigenvalue weighted by molar-refractivity contribution is 5.90. The first kappa shape index (κ1) is 25.9. The van der Waals surface area contributed by atoms with Crippen LogP contribution in [0.4, 0.5) is 10.5 Å². The lowest BCUT2D eigenvalue weighted by atomic mass is 9.91. The predicted molar refractivity (Wildman–Crippen MR) is 142 cm³/mol. The molecule has 0 fully saturated rings. The molecule has 0 spiro atoms. The third-order valence-electron chi connectivity index (χ3n) is 6.38. The molecule has 1 heterocycles. The van der Waals surface area contributed by atoms with Crippen molar-refractivity contribution in [2.45, 2.75) is 25.8 Å². The Morgan fingerprint density at radius 2 is 1.68 bits per heavy atom. The molecule has 0 radical (unpaired) electrons. The molecular weight excluding hydrogens is 470 g/mol. The minimum absolute atomic E-state index is 0.106. The number of hydrogen-bond donors (Lipinski definition) is 2. The van der Waals surface area contributed by atoms with Crippen LogP contribution in [-0.2, 0) is 17.6 Å². The van der Waals surface area contributed by atoms with Gasteiger partial charge in [0.15, 0.2) is 11.5 Å². The average molecular weight is 504 g/mol. The van der Waals surface area contributed by atoms with E-state index in [0.717, 1.165) is 22.4 Å². The minimum atomic E-state index is -0.383. The number of nitrogens with one attached hydrogen (secondary N) is 2. The van der Waals surface area contributed by atoms with Gasteiger partial charge >= 0.3 is 6.03 Å². The van der Waals surface area contributed by atoms with Crippen LogP contribution in [0, 0.1) is 0 Å². The van der Waals surface area contributed by atoms with Crippen molar-refractivity contribution >= 4 is 17.6 Å². The fourth-order valence-electron chi connectivity index (χ4n) is 4.54. The van der Waals surface area contributed by atoms with Crippen LogP contribution in [-0.4, -0.2) is 50.8 Å². The van der Waals surface area contributed by atoms with Crippen molar-refractivity contribution in [3.63, 3.8) is 0 Å². The topological polar surface area (TPSA) is 89.1 Å². The van der Waals surface area contributed by atoms with Crippen molar-refractivity contribution in [1.82, 2.24) is 10.2 Å². The largest absolute Gasteiger partial charge is 0.494 e. The molecule has 1 atom stereocenters. The Morgan fingerprint density at radius 1 is 0.973 bits per heavy atom. The normalized spacial score (nSPS) is 14.4. The summed E-state index contributed by atoms with van der Waals surface area (Å²) in [5, 5.41) is 6.01. The maximum Gasteiger partial charge on any atom is 0.322 e. The number of fused-ring (bicyclic) bond motifs is 1. The molecule has 8 nitrogen and oxygen atoms in total. The smallest absolute Gasteiger partial charge is 0.322 e. The first-order valence-electron chi connectivity index (χ1n) is 12.4. The van der Waals surface area contributed by atoms with Crippen molar-refractivity contribution in [2.24, 2.45) is 0 Å². The third-order valence-corrected chi connectivity index (χ3v) is 6.38. The second-order valence-corrected chi connectivity index (χ2v) is 8.72. The van der Waals surface area contributed by atoms with Crippen molar-refractivity contribution < 1.29 is 23.8 Å². The van der Waals surface area contributed by atoms with Gasteiger partial charge in [0.1, 0.15) is 5.75 Å². The Labute approximate surface area is 217 Å². The molecule has 3 aromatic carbocycles. The highest BCUT2D eigenvalue weighted by Gasteiger charge is 2.32. The van der Waals surface area contributed by atoms with Gasteiger partial charge in [0, 0.05) is 18.8 Å². The first-order chi connectivity index (χ1) is 18.0. The maximum absolute atomic E-state index is 13.4. The zero-order valence-corrected chi connectivity index (χ0v) is 21.5. The molecule has 0 aliphatic carbocycles. The lowest BCUT2D eigenvalue weighted by molar-refractivity contribution is -0.120. The number of hydrogen-bond acceptors (Lipinski definition) is 5. The number of methoxy groups -OCH3 is 2. The zero-order chi connectivity index (χ0) is 26.2. The molecule has 1 aliphatic rings. The molecule has 2 N–H and O–H groups in total. The molecular formula is C29H33N3O5. The molecule has 0 aromatic heterocycles. The lowest BCUT2D eigenvalue weighted by Crippen LogP contribution is -2.47. The Balaban J connectivity index is 1.55. The summed E-state index contributed by atoms with van der Waals surface area (Å²) in [5.41, 5.74) is 3.58. The van der Waals surface area contributed by atoms with E-state index < -0.39 is 0 Å². The van der Waals surface area contributed by atoms with Crippen LogP contribution in [0.5, 0.6) is 17.2 Å². The number of ether oxygens (including phenoxy) is 3. The van der Waals surface area contributed by atoms with Crippen molar-refractivity contribution in [3.8, 4) is 17.2 Å². The van der Waals surface area contributed by atoms with Crippen LogP contribution < -0.4 is 24.8 Å². The van der Waals surface area contributed by atoms with Gasteiger partial charge in [0.25, 0.3) is 0 Å². The fourth-order valence-corrected chi connectivity index (χ4v) is 4.54. The van der Waals surface area contributed by atoms with Crippen molar-refractivity contribution in [3.05, 3.63) is 83.4 Å². The molecule has 37 heavy (non-hydrogen) atoms. The summed E-state index contributed by atoms with van der Waals surface area (Å²) in [6.07, 6.45) is 0.922. The highest BCUT2D eigenvalue weighted by Crippen LogP contribution is 2.38. The van der Waals surface area contributed by atoms with Crippen LogP contribution in [0.3, 0.4) is 0 Å². The zero-order valence-electron chi connectivity index (χ0n) is 21.5. The number of carbonyl (C=O) groups is 2. The Hall–Kier alpha value is -4.20. The van der Waals surface area contributed by atoms with E-state index in [1.807, 2.05) is 73.7 Å². The van der Waals surface area contributed by atoms with Gasteiger partial charge in [-0.15, -0.1) is 0 Å². The quantitative estimate of drug-likeness (QED) is 0.446. The van der Waals surface area contributed by atoms with Gasteiger partial charge in [0.2, 0.25) is 5.91 Å². The van der Waals surface area contributed by atoms with Gasteiger partial charge in [-0.3, -0.25) is 4.79 Å². The summed E-state index contributed by atoms with van der Waals surface area (Å²) in [5.74, 6) is 1.86. The van der Waals surface area contributed by atoms with Gasteiger partial charge in [-0.1, -0.05) is 30.3 Å². The first-order valence-corrected chi connectivity index (χ1v) is 12.4. The summed E-state index contributed by atoms with van der Waals surface area (Å²) in [6, 6.07) is 20.1. The molecule has 1 aliphatic heterocycles. The average Bonchev–Trinajstić information content (AvgIpc) is 2.92. The van der Waals surface area contributed by atoms with Gasteiger partial charge < -0.3 is 29.7 Å². The van der Waals surface area contributed by atoms with Crippen LogP contribution in [0.15, 0.2) is 66.7 Å². The number of rotatable bonds is 9. The Bertz CT molecular complexity index is 1210. The number of amides is 3. The minimum Gasteiger partial charge on any atom is -0.494 e. The predicted octanol–water partition coefficient (Wildman–Crippen LogP) is 4.59. The van der Waals surface area contributed by atoms with E-state index >= 15 is 0 Å². The number of benzene rings is 3. The van der Waals surface area contributed by atoms with E-state index in [-0.39, 0.29) is 30.9 Å². The van der Waals surface area contributed by atoms with Crippen LogP contribution in [0.1, 0.15) is 29.7 Å². The monoisotopic (exact) mass is 503 g/mol. The van der Waals surface area contributed by atoms with E-state index in [0.29, 0.717) is 36.8 Å². The van der Waals surface area contributed by atoms with Gasteiger partial charge in [-0.2, -0.15) is 0 Å². The number of carbonyl (C=O) groups excluding carboxylic acids is 2. The highest BCUT2D eigenvalue weighted by atomic mass is 16.5. The number of anilines is 1. The molecule has 194 valence electrons.